The number of hydrogen-bond donors (Lipinski definition) is 1. The quantitative estimate of drug-likeness (QED) is 0.799. The van der Waals surface area contributed by atoms with Crippen LogP contribution < -0.4 is 0 Å². The van der Waals surface area contributed by atoms with Crippen molar-refractivity contribution in [2.24, 2.45) is 0 Å². The van der Waals surface area contributed by atoms with Gasteiger partial charge in [-0.25, -0.2) is 4.79 Å². The van der Waals surface area contributed by atoms with Crippen molar-refractivity contribution in [1.82, 2.24) is 0 Å². The Balaban J connectivity index is 2.25. The molecule has 6 heteroatoms. The lowest BCUT2D eigenvalue weighted by Crippen LogP contribution is -2.06. The molecule has 1 N–H and O–H groups in total. The maximum Gasteiger partial charge on any atom is 0.346 e. The fraction of sp³-hybridized carbons (Fsp3) is 0.357. The van der Waals surface area contributed by atoms with E-state index < -0.39 is 16.8 Å². The van der Waals surface area contributed by atoms with Gasteiger partial charge in [0.25, 0.3) is 0 Å². The second-order valence-corrected chi connectivity index (χ2v) is 6.97. The van der Waals surface area contributed by atoms with Crippen LogP contribution in [0.4, 0.5) is 0 Å². The molecule has 1 atom stereocenters. The highest BCUT2D eigenvalue weighted by Crippen LogP contribution is 2.32. The van der Waals surface area contributed by atoms with E-state index in [1.807, 2.05) is 24.3 Å². The van der Waals surface area contributed by atoms with Crippen molar-refractivity contribution in [3.8, 4) is 0 Å². The summed E-state index contributed by atoms with van der Waals surface area (Å²) in [7, 11) is 0.539. The molecule has 2 rings (SSSR count). The molecule has 0 saturated carbocycles. The molecule has 0 aliphatic rings. The Bertz CT molecular complexity index is 633. The standard InChI is InChI=1S/C14H16O4S2/c1-18-7-4-8-20(17)9-11-10-5-2-3-6-12(10)19-13(11)14(15)16/h2-3,5-6H,4,7-9H2,1H3,(H,15,16). The molecule has 0 fully saturated rings. The minimum Gasteiger partial charge on any atom is -0.477 e. The lowest BCUT2D eigenvalue weighted by molar-refractivity contribution is 0.0701. The van der Waals surface area contributed by atoms with Crippen molar-refractivity contribution >= 4 is 38.2 Å². The molecular formula is C14H16O4S2. The summed E-state index contributed by atoms with van der Waals surface area (Å²) in [6.07, 6.45) is 0.716. The van der Waals surface area contributed by atoms with Gasteiger partial charge in [-0.1, -0.05) is 18.2 Å². The summed E-state index contributed by atoms with van der Waals surface area (Å²) in [6, 6.07) is 7.53. The fourth-order valence-corrected chi connectivity index (χ4v) is 4.37. The highest BCUT2D eigenvalue weighted by atomic mass is 32.2. The van der Waals surface area contributed by atoms with Crippen LogP contribution >= 0.6 is 11.3 Å². The maximum atomic E-state index is 12.1. The average Bonchev–Trinajstić information content (AvgIpc) is 2.78. The van der Waals surface area contributed by atoms with E-state index in [4.69, 9.17) is 4.74 Å². The molecule has 0 spiro atoms. The van der Waals surface area contributed by atoms with E-state index in [1.165, 1.54) is 11.3 Å². The van der Waals surface area contributed by atoms with E-state index in [1.54, 1.807) is 7.11 Å². The minimum atomic E-state index is -1.07. The van der Waals surface area contributed by atoms with Crippen molar-refractivity contribution in [3.63, 3.8) is 0 Å². The number of methoxy groups -OCH3 is 1. The molecule has 4 nitrogen and oxygen atoms in total. The van der Waals surface area contributed by atoms with E-state index in [0.29, 0.717) is 29.2 Å². The molecule has 0 amide bonds. The summed E-state index contributed by atoms with van der Waals surface area (Å²) in [5.74, 6) is -0.137. The van der Waals surface area contributed by atoms with Crippen LogP contribution in [0, 0.1) is 0 Å². The molecule has 1 aromatic heterocycles. The van der Waals surface area contributed by atoms with Gasteiger partial charge in [-0.15, -0.1) is 11.3 Å². The molecule has 0 saturated heterocycles. The first-order chi connectivity index (χ1) is 9.63. The molecule has 108 valence electrons. The molecule has 1 heterocycles. The Morgan fingerprint density at radius 2 is 2.15 bits per heavy atom. The van der Waals surface area contributed by atoms with Gasteiger partial charge in [0.15, 0.2) is 0 Å². The third-order valence-corrected chi connectivity index (χ3v) is 5.47. The van der Waals surface area contributed by atoms with Crippen LogP contribution in [0.5, 0.6) is 0 Å². The summed E-state index contributed by atoms with van der Waals surface area (Å²) in [4.78, 5) is 11.6. The number of hydrogen-bond acceptors (Lipinski definition) is 4. The molecule has 2 aromatic rings. The van der Waals surface area contributed by atoms with Gasteiger partial charge in [0.05, 0.1) is 5.75 Å². The van der Waals surface area contributed by atoms with Crippen molar-refractivity contribution in [3.05, 3.63) is 34.7 Å². The molecule has 0 aliphatic heterocycles. The zero-order valence-corrected chi connectivity index (χ0v) is 12.8. The van der Waals surface area contributed by atoms with Gasteiger partial charge in [0.1, 0.15) is 4.88 Å². The lowest BCUT2D eigenvalue weighted by atomic mass is 10.1. The van der Waals surface area contributed by atoms with Gasteiger partial charge >= 0.3 is 5.97 Å². The number of carboxylic acid groups (broad SMARTS) is 1. The fourth-order valence-electron chi connectivity index (χ4n) is 2.01. The average molecular weight is 312 g/mol. The van der Waals surface area contributed by atoms with E-state index in [0.717, 1.165) is 10.1 Å². The molecule has 1 aromatic carbocycles. The summed E-state index contributed by atoms with van der Waals surface area (Å²) in [5, 5.41) is 10.2. The number of fused-ring (bicyclic) bond motifs is 1. The van der Waals surface area contributed by atoms with Crippen molar-refractivity contribution in [1.29, 1.82) is 0 Å². The second-order valence-electron chi connectivity index (χ2n) is 4.35. The van der Waals surface area contributed by atoms with Gasteiger partial charge in [-0.2, -0.15) is 0 Å². The third-order valence-electron chi connectivity index (χ3n) is 2.92. The largest absolute Gasteiger partial charge is 0.477 e. The number of aromatic carboxylic acids is 1. The van der Waals surface area contributed by atoms with Gasteiger partial charge in [-0.05, 0) is 23.4 Å². The van der Waals surface area contributed by atoms with Crippen LogP contribution in [0.25, 0.3) is 10.1 Å². The van der Waals surface area contributed by atoms with Gasteiger partial charge in [0, 0.05) is 35.0 Å². The SMILES string of the molecule is COCCCS(=O)Cc1c(C(=O)O)sc2ccccc12. The molecule has 0 bridgehead atoms. The second kappa shape index (κ2) is 6.97. The van der Waals surface area contributed by atoms with Crippen LogP contribution in [-0.4, -0.2) is 34.8 Å². The molecule has 0 aliphatic carbocycles. The van der Waals surface area contributed by atoms with Gasteiger partial charge in [0.2, 0.25) is 0 Å². The molecule has 20 heavy (non-hydrogen) atoms. The predicted molar refractivity (Wildman–Crippen MR) is 82.0 cm³/mol. The normalized spacial score (nSPS) is 12.7. The molecule has 0 radical (unpaired) electrons. The third kappa shape index (κ3) is 3.45. The minimum absolute atomic E-state index is 0.287. The zero-order valence-electron chi connectivity index (χ0n) is 11.1. The van der Waals surface area contributed by atoms with Crippen LogP contribution in [0.2, 0.25) is 0 Å². The van der Waals surface area contributed by atoms with Crippen LogP contribution in [0.3, 0.4) is 0 Å². The van der Waals surface area contributed by atoms with E-state index in [-0.39, 0.29) is 5.75 Å². The lowest BCUT2D eigenvalue weighted by Gasteiger charge is -2.03. The Morgan fingerprint density at radius 1 is 1.40 bits per heavy atom. The van der Waals surface area contributed by atoms with Crippen molar-refractivity contribution in [2.45, 2.75) is 12.2 Å². The summed E-state index contributed by atoms with van der Waals surface area (Å²) >= 11 is 1.24. The number of ether oxygens (including phenoxy) is 1. The topological polar surface area (TPSA) is 63.6 Å². The van der Waals surface area contributed by atoms with Crippen LogP contribution in [-0.2, 0) is 21.3 Å². The summed E-state index contributed by atoms with van der Waals surface area (Å²) in [6.45, 7) is 0.571. The number of benzene rings is 1. The molecule has 1 unspecified atom stereocenters. The first kappa shape index (κ1) is 15.2. The van der Waals surface area contributed by atoms with Crippen LogP contribution in [0.15, 0.2) is 24.3 Å². The maximum absolute atomic E-state index is 12.1. The monoisotopic (exact) mass is 312 g/mol. The summed E-state index contributed by atoms with van der Waals surface area (Å²) < 4.78 is 17.9. The van der Waals surface area contributed by atoms with Crippen molar-refractivity contribution in [2.75, 3.05) is 19.5 Å². The number of carboxylic acids is 1. The Labute approximate surface area is 123 Å². The summed E-state index contributed by atoms with van der Waals surface area (Å²) in [5.41, 5.74) is 0.689. The predicted octanol–water partition coefficient (Wildman–Crippen LogP) is 2.88. The first-order valence-corrected chi connectivity index (χ1v) is 8.51. The highest BCUT2D eigenvalue weighted by Gasteiger charge is 2.19. The van der Waals surface area contributed by atoms with Gasteiger partial charge < -0.3 is 9.84 Å². The smallest absolute Gasteiger partial charge is 0.346 e. The highest BCUT2D eigenvalue weighted by molar-refractivity contribution is 7.84. The number of rotatable bonds is 7. The first-order valence-electron chi connectivity index (χ1n) is 6.21. The van der Waals surface area contributed by atoms with E-state index in [2.05, 4.69) is 0 Å². The number of thiophene rings is 1. The van der Waals surface area contributed by atoms with Crippen LogP contribution in [0.1, 0.15) is 21.7 Å². The number of carbonyl (C=O) groups is 1. The zero-order chi connectivity index (χ0) is 14.5. The van der Waals surface area contributed by atoms with E-state index in [9.17, 15) is 14.1 Å². The van der Waals surface area contributed by atoms with Crippen molar-refractivity contribution < 1.29 is 18.8 Å². The Kier molecular flexibility index (Phi) is 5.28. The Morgan fingerprint density at radius 3 is 2.85 bits per heavy atom. The Hall–Kier alpha value is -1.24. The molecular weight excluding hydrogens is 296 g/mol. The van der Waals surface area contributed by atoms with E-state index >= 15 is 0 Å². The van der Waals surface area contributed by atoms with Gasteiger partial charge in [-0.3, -0.25) is 4.21 Å².